The highest BCUT2D eigenvalue weighted by Crippen LogP contribution is 2.34. The monoisotopic (exact) mass is 594 g/mol. The number of hydrogen-bond acceptors (Lipinski definition) is 7. The maximum absolute atomic E-state index is 13.4. The van der Waals surface area contributed by atoms with Gasteiger partial charge < -0.3 is 19.0 Å². The summed E-state index contributed by atoms with van der Waals surface area (Å²) in [6, 6.07) is 18.8. The average Bonchev–Trinajstić information content (AvgIpc) is 3.57. The lowest BCUT2D eigenvalue weighted by molar-refractivity contribution is 0.101. The Hall–Kier alpha value is -3.21. The van der Waals surface area contributed by atoms with Crippen molar-refractivity contribution in [1.82, 2.24) is 19.1 Å². The Labute approximate surface area is 249 Å². The van der Waals surface area contributed by atoms with Crippen molar-refractivity contribution in [3.63, 3.8) is 0 Å². The van der Waals surface area contributed by atoms with Crippen LogP contribution in [0.25, 0.3) is 0 Å². The molecule has 0 bridgehead atoms. The molecule has 2 fully saturated rings. The van der Waals surface area contributed by atoms with Crippen LogP contribution in [0.1, 0.15) is 42.7 Å². The zero-order valence-corrected chi connectivity index (χ0v) is 25.8. The number of amides is 1. The topological polar surface area (TPSA) is 96.2 Å². The average molecular weight is 595 g/mol. The Bertz CT molecular complexity index is 1460. The molecular weight excluding hydrogens is 552 g/mol. The van der Waals surface area contributed by atoms with Gasteiger partial charge in [-0.05, 0) is 62.4 Å². The van der Waals surface area contributed by atoms with Gasteiger partial charge in [0.05, 0.1) is 4.90 Å². The summed E-state index contributed by atoms with van der Waals surface area (Å²) < 4.78 is 39.2. The normalized spacial score (nSPS) is 20.8. The van der Waals surface area contributed by atoms with Crippen molar-refractivity contribution in [1.29, 1.82) is 0 Å². The number of likely N-dealkylation sites (tertiary alicyclic amines) is 2. The van der Waals surface area contributed by atoms with Gasteiger partial charge in [0, 0.05) is 45.6 Å². The molecule has 0 radical (unpaired) electrons. The van der Waals surface area contributed by atoms with Gasteiger partial charge in [-0.2, -0.15) is 0 Å². The molecule has 3 heterocycles. The molecule has 2 aliphatic rings. The van der Waals surface area contributed by atoms with Crippen LogP contribution in [0.5, 0.6) is 0 Å². The van der Waals surface area contributed by atoms with E-state index < -0.39 is 10.0 Å². The summed E-state index contributed by atoms with van der Waals surface area (Å²) in [7, 11) is -1.94. The van der Waals surface area contributed by atoms with Gasteiger partial charge in [-0.1, -0.05) is 55.5 Å². The summed E-state index contributed by atoms with van der Waals surface area (Å²) in [5.74, 6) is 2.11. The Balaban J connectivity index is 1.20. The summed E-state index contributed by atoms with van der Waals surface area (Å²) in [4.78, 5) is 21.7. The molecule has 0 unspecified atom stereocenters. The van der Waals surface area contributed by atoms with Gasteiger partial charge in [0.2, 0.25) is 10.0 Å². The molecule has 226 valence electrons. The number of piperidine rings is 1. The van der Waals surface area contributed by atoms with Crippen LogP contribution < -0.4 is 0 Å². The van der Waals surface area contributed by atoms with Crippen molar-refractivity contribution in [2.45, 2.75) is 50.5 Å². The molecule has 0 spiro atoms. The number of nitrogens with zero attached hydrogens (tertiary/aromatic N) is 4. The molecule has 1 aromatic heterocycles. The van der Waals surface area contributed by atoms with Crippen LogP contribution in [0.2, 0.25) is 0 Å². The molecule has 3 atom stereocenters. The lowest BCUT2D eigenvalue weighted by Gasteiger charge is -2.39. The number of likely N-dealkylation sites (N-methyl/N-ethyl adjacent to an activating group) is 1. The van der Waals surface area contributed by atoms with E-state index in [0.29, 0.717) is 47.2 Å². The third-order valence-electron chi connectivity index (χ3n) is 8.95. The maximum atomic E-state index is 13.4. The smallest absolute Gasteiger partial charge is 0.410 e. The van der Waals surface area contributed by atoms with Gasteiger partial charge in [-0.25, -0.2) is 22.5 Å². The van der Waals surface area contributed by atoms with Crippen LogP contribution in [0.3, 0.4) is 0 Å². The second-order valence-electron chi connectivity index (χ2n) is 12.1. The molecule has 0 saturated carbocycles. The molecule has 1 amide bonds. The van der Waals surface area contributed by atoms with E-state index in [-0.39, 0.29) is 18.1 Å². The minimum Gasteiger partial charge on any atom is -0.446 e. The van der Waals surface area contributed by atoms with Crippen molar-refractivity contribution in [2.75, 3.05) is 46.3 Å². The molecule has 9 nitrogen and oxygen atoms in total. The number of ether oxygens (including phenoxy) is 1. The summed E-state index contributed by atoms with van der Waals surface area (Å²) in [6.45, 7) is 10.4. The molecule has 5 rings (SSSR count). The highest BCUT2D eigenvalue weighted by Gasteiger charge is 2.40. The van der Waals surface area contributed by atoms with E-state index in [1.807, 2.05) is 36.1 Å². The second kappa shape index (κ2) is 12.6. The zero-order chi connectivity index (χ0) is 29.9. The fourth-order valence-electron chi connectivity index (χ4n) is 6.43. The van der Waals surface area contributed by atoms with Crippen molar-refractivity contribution in [3.8, 4) is 0 Å². The predicted octanol–water partition coefficient (Wildman–Crippen LogP) is 4.85. The lowest BCUT2D eigenvalue weighted by atomic mass is 9.78. The van der Waals surface area contributed by atoms with Gasteiger partial charge in [0.15, 0.2) is 5.89 Å². The van der Waals surface area contributed by atoms with Crippen molar-refractivity contribution in [2.24, 2.45) is 11.8 Å². The molecule has 3 aromatic rings. The number of benzene rings is 2. The van der Waals surface area contributed by atoms with Gasteiger partial charge in [0.25, 0.3) is 0 Å². The number of carbonyl (C=O) groups excluding carboxylic acids is 1. The molecule has 0 aliphatic carbocycles. The number of carbonyl (C=O) groups is 1. The highest BCUT2D eigenvalue weighted by molar-refractivity contribution is 7.89. The van der Waals surface area contributed by atoms with Gasteiger partial charge >= 0.3 is 6.09 Å². The summed E-state index contributed by atoms with van der Waals surface area (Å²) in [5.41, 5.74) is 1.41. The SMILES string of the molecule is Cc1nc(COC(=O)N2C[C@H]3CN(CC[C@](C)(CN(C)S(=O)(=O)c4ccccc4)c4ccccc4)CC[C@H]3C2)c(C)o1. The van der Waals surface area contributed by atoms with Crippen molar-refractivity contribution in [3.05, 3.63) is 83.6 Å². The van der Waals surface area contributed by atoms with Crippen molar-refractivity contribution >= 4 is 16.1 Å². The predicted molar refractivity (Wildman–Crippen MR) is 160 cm³/mol. The molecule has 0 N–H and O–H groups in total. The first-order valence-corrected chi connectivity index (χ1v) is 16.1. The minimum absolute atomic E-state index is 0.118. The maximum Gasteiger partial charge on any atom is 0.410 e. The van der Waals surface area contributed by atoms with E-state index in [0.717, 1.165) is 44.6 Å². The molecule has 10 heteroatoms. The number of aryl methyl sites for hydroxylation is 2. The Morgan fingerprint density at radius 1 is 1.05 bits per heavy atom. The standard InChI is InChI=1S/C32H42N4O5S/c1-24-30(33-25(2)41-24)22-40-31(37)36-20-26-15-17-35(19-27(26)21-36)18-16-32(3,28-11-7-5-8-12-28)23-34(4)42(38,39)29-13-9-6-10-14-29/h5-14,26-27H,15-23H2,1-4H3/t26-,27+,32+/m0/s1. The summed E-state index contributed by atoms with van der Waals surface area (Å²) >= 11 is 0. The van der Waals surface area contributed by atoms with E-state index >= 15 is 0 Å². The Kier molecular flexibility index (Phi) is 9.05. The molecule has 42 heavy (non-hydrogen) atoms. The lowest BCUT2D eigenvalue weighted by Crippen LogP contribution is -2.45. The number of aromatic nitrogens is 1. The van der Waals surface area contributed by atoms with E-state index in [4.69, 9.17) is 9.15 Å². The van der Waals surface area contributed by atoms with Crippen LogP contribution in [0.4, 0.5) is 4.79 Å². The molecule has 2 aromatic carbocycles. The molecular formula is C32H42N4O5S. The number of hydrogen-bond donors (Lipinski definition) is 0. The number of oxazole rings is 1. The third-order valence-corrected chi connectivity index (χ3v) is 10.8. The van der Waals surface area contributed by atoms with Gasteiger partial charge in [-0.3, -0.25) is 0 Å². The van der Waals surface area contributed by atoms with Gasteiger partial charge in [-0.15, -0.1) is 0 Å². The van der Waals surface area contributed by atoms with Crippen LogP contribution in [-0.4, -0.2) is 79.9 Å². The first-order chi connectivity index (χ1) is 20.0. The highest BCUT2D eigenvalue weighted by atomic mass is 32.2. The Morgan fingerprint density at radius 3 is 2.38 bits per heavy atom. The summed E-state index contributed by atoms with van der Waals surface area (Å²) in [6.07, 6.45) is 1.54. The van der Waals surface area contributed by atoms with Crippen LogP contribution in [0.15, 0.2) is 70.0 Å². The zero-order valence-electron chi connectivity index (χ0n) is 25.0. The summed E-state index contributed by atoms with van der Waals surface area (Å²) in [5, 5.41) is 0. The molecule has 2 saturated heterocycles. The first-order valence-electron chi connectivity index (χ1n) is 14.7. The van der Waals surface area contributed by atoms with Crippen LogP contribution in [0, 0.1) is 25.7 Å². The van der Waals surface area contributed by atoms with E-state index in [9.17, 15) is 13.2 Å². The Morgan fingerprint density at radius 2 is 1.71 bits per heavy atom. The second-order valence-corrected chi connectivity index (χ2v) is 14.1. The fourth-order valence-corrected chi connectivity index (χ4v) is 7.75. The minimum atomic E-state index is -3.61. The van der Waals surface area contributed by atoms with Crippen LogP contribution in [-0.2, 0) is 26.8 Å². The van der Waals surface area contributed by atoms with E-state index in [2.05, 4.69) is 28.9 Å². The third kappa shape index (κ3) is 6.71. The van der Waals surface area contributed by atoms with Crippen molar-refractivity contribution < 1.29 is 22.4 Å². The van der Waals surface area contributed by atoms with E-state index in [1.165, 1.54) is 4.31 Å². The largest absolute Gasteiger partial charge is 0.446 e. The quantitative estimate of drug-likeness (QED) is 0.331. The number of sulfonamides is 1. The first kappa shape index (κ1) is 30.3. The number of rotatable bonds is 10. The number of fused-ring (bicyclic) bond motifs is 1. The van der Waals surface area contributed by atoms with E-state index in [1.54, 1.807) is 38.2 Å². The van der Waals surface area contributed by atoms with Crippen LogP contribution >= 0.6 is 0 Å². The fraction of sp³-hybridized carbons (Fsp3) is 0.500. The van der Waals surface area contributed by atoms with Gasteiger partial charge in [0.1, 0.15) is 18.1 Å². The molecule has 2 aliphatic heterocycles.